The summed E-state index contributed by atoms with van der Waals surface area (Å²) in [5.74, 6) is -0.258. The molecule has 0 saturated carbocycles. The number of hydrogen-bond donors (Lipinski definition) is 2. The number of rotatable bonds is 4. The van der Waals surface area contributed by atoms with Crippen molar-refractivity contribution in [2.24, 2.45) is 0 Å². The number of aliphatic hydroxyl groups is 1. The van der Waals surface area contributed by atoms with E-state index in [-0.39, 0.29) is 6.54 Å². The number of carbonyl (C=O) groups excluding carboxylic acids is 1. The van der Waals surface area contributed by atoms with E-state index in [2.05, 4.69) is 15.0 Å². The Kier molecular flexibility index (Phi) is 4.01. The van der Waals surface area contributed by atoms with Gasteiger partial charge in [-0.2, -0.15) is 5.26 Å². The van der Waals surface area contributed by atoms with Crippen LogP contribution < -0.4 is 5.32 Å². The molecular formula is C11H13N3O3. The van der Waals surface area contributed by atoms with E-state index >= 15 is 0 Å². The predicted molar refractivity (Wildman–Crippen MR) is 60.1 cm³/mol. The van der Waals surface area contributed by atoms with Crippen molar-refractivity contribution in [2.45, 2.75) is 12.5 Å². The van der Waals surface area contributed by atoms with E-state index in [0.29, 0.717) is 11.4 Å². The molecule has 0 aliphatic rings. The molecule has 0 aliphatic heterocycles. The van der Waals surface area contributed by atoms with E-state index in [9.17, 15) is 9.90 Å². The maximum atomic E-state index is 11.2. The fourth-order valence-corrected chi connectivity index (χ4v) is 1.12. The number of nitrogens with one attached hydrogen (secondary N) is 1. The number of ether oxygens (including phenoxy) is 1. The number of carbonyl (C=O) groups is 1. The van der Waals surface area contributed by atoms with Gasteiger partial charge in [0.15, 0.2) is 5.60 Å². The fourth-order valence-electron chi connectivity index (χ4n) is 1.12. The van der Waals surface area contributed by atoms with Gasteiger partial charge in [-0.3, -0.25) is 0 Å². The van der Waals surface area contributed by atoms with Crippen molar-refractivity contribution >= 4 is 11.8 Å². The average molecular weight is 235 g/mol. The van der Waals surface area contributed by atoms with Gasteiger partial charge in [0.05, 0.1) is 19.2 Å². The number of nitrogens with zero attached hydrogens (tertiary/aromatic N) is 2. The van der Waals surface area contributed by atoms with Crippen molar-refractivity contribution in [2.75, 3.05) is 19.0 Å². The summed E-state index contributed by atoms with van der Waals surface area (Å²) in [4.78, 5) is 15.1. The number of aromatic nitrogens is 1. The quantitative estimate of drug-likeness (QED) is 0.728. The van der Waals surface area contributed by atoms with Crippen molar-refractivity contribution in [1.29, 1.82) is 5.26 Å². The van der Waals surface area contributed by atoms with Crippen LogP contribution in [0.25, 0.3) is 0 Å². The summed E-state index contributed by atoms with van der Waals surface area (Å²) in [6, 6.07) is 5.11. The number of anilines is 1. The van der Waals surface area contributed by atoms with Crippen LogP contribution in [-0.4, -0.2) is 35.3 Å². The van der Waals surface area contributed by atoms with Crippen LogP contribution in [0.15, 0.2) is 18.3 Å². The van der Waals surface area contributed by atoms with Crippen molar-refractivity contribution < 1.29 is 14.6 Å². The Morgan fingerprint density at radius 3 is 2.88 bits per heavy atom. The van der Waals surface area contributed by atoms with Gasteiger partial charge in [-0.1, -0.05) is 0 Å². The molecule has 0 aromatic carbocycles. The summed E-state index contributed by atoms with van der Waals surface area (Å²) in [5, 5.41) is 21.1. The molecule has 0 amide bonds. The summed E-state index contributed by atoms with van der Waals surface area (Å²) < 4.78 is 4.45. The van der Waals surface area contributed by atoms with Gasteiger partial charge < -0.3 is 15.2 Å². The molecule has 1 rings (SSSR count). The second-order valence-electron chi connectivity index (χ2n) is 3.66. The molecule has 0 spiro atoms. The Hall–Kier alpha value is -2.13. The molecule has 6 heteroatoms. The number of esters is 1. The van der Waals surface area contributed by atoms with Crippen LogP contribution in [0.5, 0.6) is 0 Å². The van der Waals surface area contributed by atoms with Gasteiger partial charge in [-0.15, -0.1) is 0 Å². The molecule has 17 heavy (non-hydrogen) atoms. The fraction of sp³-hybridized carbons (Fsp3) is 0.364. The first-order chi connectivity index (χ1) is 7.99. The summed E-state index contributed by atoms with van der Waals surface area (Å²) in [5.41, 5.74) is -1.18. The van der Waals surface area contributed by atoms with Gasteiger partial charge in [-0.05, 0) is 19.1 Å². The van der Waals surface area contributed by atoms with Gasteiger partial charge in [0, 0.05) is 6.20 Å². The van der Waals surface area contributed by atoms with Crippen LogP contribution in [0.4, 0.5) is 5.82 Å². The smallest absolute Gasteiger partial charge is 0.339 e. The lowest BCUT2D eigenvalue weighted by Gasteiger charge is -2.20. The molecule has 0 unspecified atom stereocenters. The van der Waals surface area contributed by atoms with Crippen molar-refractivity contribution in [3.05, 3.63) is 23.9 Å². The molecule has 2 N–H and O–H groups in total. The molecule has 0 saturated heterocycles. The highest BCUT2D eigenvalue weighted by atomic mass is 16.5. The Labute approximate surface area is 98.9 Å². The minimum atomic E-state index is -1.62. The maximum Gasteiger partial charge on any atom is 0.339 e. The van der Waals surface area contributed by atoms with Gasteiger partial charge in [0.2, 0.25) is 0 Å². The third kappa shape index (κ3) is 3.43. The summed E-state index contributed by atoms with van der Waals surface area (Å²) in [6.45, 7) is 1.31. The van der Waals surface area contributed by atoms with Crippen LogP contribution in [-0.2, 0) is 9.53 Å². The standard InChI is InChI=1S/C11H13N3O3/c1-11(16,10(15)17-2)7-14-9-4-3-8(5-12)6-13-9/h3-4,6,16H,7H2,1-2H3,(H,13,14)/t11-/m0/s1. The molecule has 6 nitrogen and oxygen atoms in total. The lowest BCUT2D eigenvalue weighted by atomic mass is 10.1. The van der Waals surface area contributed by atoms with Crippen LogP contribution in [0.3, 0.4) is 0 Å². The van der Waals surface area contributed by atoms with Crippen LogP contribution >= 0.6 is 0 Å². The zero-order valence-corrected chi connectivity index (χ0v) is 9.60. The number of hydrogen-bond acceptors (Lipinski definition) is 6. The zero-order valence-electron chi connectivity index (χ0n) is 9.60. The Morgan fingerprint density at radius 1 is 1.71 bits per heavy atom. The van der Waals surface area contributed by atoms with E-state index < -0.39 is 11.6 Å². The molecule has 0 radical (unpaired) electrons. The highest BCUT2D eigenvalue weighted by molar-refractivity contribution is 5.79. The molecule has 1 aromatic heterocycles. The lowest BCUT2D eigenvalue weighted by Crippen LogP contribution is -2.42. The van der Waals surface area contributed by atoms with Gasteiger partial charge in [0.25, 0.3) is 0 Å². The van der Waals surface area contributed by atoms with E-state index in [4.69, 9.17) is 5.26 Å². The lowest BCUT2D eigenvalue weighted by molar-refractivity contribution is -0.158. The van der Waals surface area contributed by atoms with E-state index in [1.807, 2.05) is 6.07 Å². The topological polar surface area (TPSA) is 95.2 Å². The van der Waals surface area contributed by atoms with Crippen molar-refractivity contribution in [3.63, 3.8) is 0 Å². The maximum absolute atomic E-state index is 11.2. The monoisotopic (exact) mass is 235 g/mol. The highest BCUT2D eigenvalue weighted by Crippen LogP contribution is 2.09. The van der Waals surface area contributed by atoms with Gasteiger partial charge in [0.1, 0.15) is 11.9 Å². The van der Waals surface area contributed by atoms with Gasteiger partial charge in [-0.25, -0.2) is 9.78 Å². The van der Waals surface area contributed by atoms with Crippen LogP contribution in [0.1, 0.15) is 12.5 Å². The van der Waals surface area contributed by atoms with Gasteiger partial charge >= 0.3 is 5.97 Å². The normalized spacial score (nSPS) is 13.3. The average Bonchev–Trinajstić information content (AvgIpc) is 2.36. The Balaban J connectivity index is 2.61. The molecule has 1 heterocycles. The third-order valence-electron chi connectivity index (χ3n) is 2.13. The Bertz CT molecular complexity index is 434. The summed E-state index contributed by atoms with van der Waals surface area (Å²) in [7, 11) is 1.21. The SMILES string of the molecule is COC(=O)[C@@](C)(O)CNc1ccc(C#N)cn1. The molecule has 1 aromatic rings. The molecule has 0 aliphatic carbocycles. The molecule has 0 fully saturated rings. The zero-order chi connectivity index (χ0) is 12.9. The summed E-state index contributed by atoms with van der Waals surface area (Å²) in [6.07, 6.45) is 1.40. The number of nitriles is 1. The second-order valence-corrected chi connectivity index (χ2v) is 3.66. The first kappa shape index (κ1) is 12.9. The molecule has 1 atom stereocenters. The highest BCUT2D eigenvalue weighted by Gasteiger charge is 2.31. The second kappa shape index (κ2) is 5.27. The predicted octanol–water partition coefficient (Wildman–Crippen LogP) is 0.289. The third-order valence-corrected chi connectivity index (χ3v) is 2.13. The minimum Gasteiger partial charge on any atom is -0.467 e. The van der Waals surface area contributed by atoms with Crippen molar-refractivity contribution in [1.82, 2.24) is 4.98 Å². The summed E-state index contributed by atoms with van der Waals surface area (Å²) >= 11 is 0. The Morgan fingerprint density at radius 2 is 2.41 bits per heavy atom. The van der Waals surface area contributed by atoms with E-state index in [1.165, 1.54) is 20.2 Å². The van der Waals surface area contributed by atoms with E-state index in [1.54, 1.807) is 12.1 Å². The van der Waals surface area contributed by atoms with E-state index in [0.717, 1.165) is 0 Å². The number of methoxy groups -OCH3 is 1. The van der Waals surface area contributed by atoms with Crippen molar-refractivity contribution in [3.8, 4) is 6.07 Å². The minimum absolute atomic E-state index is 0.0292. The van der Waals surface area contributed by atoms with Crippen LogP contribution in [0.2, 0.25) is 0 Å². The number of pyridine rings is 1. The van der Waals surface area contributed by atoms with Crippen LogP contribution in [0, 0.1) is 11.3 Å². The first-order valence-corrected chi connectivity index (χ1v) is 4.90. The molecule has 90 valence electrons. The largest absolute Gasteiger partial charge is 0.467 e. The molecular weight excluding hydrogens is 222 g/mol. The first-order valence-electron chi connectivity index (χ1n) is 4.90. The molecule has 0 bridgehead atoms.